The number of carbonyl (C=O) groups is 3. The maximum absolute atomic E-state index is 13.3. The zero-order valence-corrected chi connectivity index (χ0v) is 20.8. The first kappa shape index (κ1) is 23.8. The van der Waals surface area contributed by atoms with Gasteiger partial charge in [-0.05, 0) is 60.2 Å². The molecule has 0 saturated heterocycles. The Hall–Kier alpha value is -5.31. The van der Waals surface area contributed by atoms with Crippen molar-refractivity contribution in [2.45, 2.75) is 12.3 Å². The fourth-order valence-corrected chi connectivity index (χ4v) is 5.12. The van der Waals surface area contributed by atoms with Gasteiger partial charge in [0.2, 0.25) is 5.78 Å². The molecule has 1 aromatic heterocycles. The lowest BCUT2D eigenvalue weighted by molar-refractivity contribution is -0.135. The van der Waals surface area contributed by atoms with Crippen LogP contribution in [0.5, 0.6) is 23.0 Å². The molecule has 3 aromatic carbocycles. The van der Waals surface area contributed by atoms with Crippen molar-refractivity contribution < 1.29 is 42.9 Å². The molecule has 9 heteroatoms. The third-order valence-electron chi connectivity index (χ3n) is 7.03. The molecule has 0 radical (unpaired) electrons. The number of hydrogen-bond acceptors (Lipinski definition) is 8. The molecule has 4 heterocycles. The van der Waals surface area contributed by atoms with Gasteiger partial charge in [-0.2, -0.15) is 0 Å². The van der Waals surface area contributed by atoms with E-state index in [1.54, 1.807) is 54.6 Å². The number of carbonyl (C=O) groups excluding carboxylic acids is 2. The fourth-order valence-electron chi connectivity index (χ4n) is 5.12. The fraction of sp³-hybridized carbons (Fsp3) is 0.129. The summed E-state index contributed by atoms with van der Waals surface area (Å²) in [7, 11) is 0. The highest BCUT2D eigenvalue weighted by Crippen LogP contribution is 2.49. The summed E-state index contributed by atoms with van der Waals surface area (Å²) in [5.74, 6) is 0.706. The smallest absolute Gasteiger partial charge is 0.335 e. The van der Waals surface area contributed by atoms with E-state index in [-0.39, 0.29) is 23.5 Å². The monoisotopic (exact) mass is 536 g/mol. The molecule has 198 valence electrons. The number of hydrogen-bond donors (Lipinski definition) is 1. The molecular weight excluding hydrogens is 516 g/mol. The lowest BCUT2D eigenvalue weighted by atomic mass is 9.88. The molecule has 3 aliphatic rings. The van der Waals surface area contributed by atoms with E-state index >= 15 is 0 Å². The minimum Gasteiger partial charge on any atom is -0.486 e. The van der Waals surface area contributed by atoms with Crippen LogP contribution in [0.4, 0.5) is 0 Å². The number of ether oxygens (including phenoxy) is 4. The van der Waals surface area contributed by atoms with Gasteiger partial charge in [0.1, 0.15) is 36.2 Å². The van der Waals surface area contributed by atoms with Crippen LogP contribution in [0.1, 0.15) is 49.9 Å². The maximum Gasteiger partial charge on any atom is 0.335 e. The van der Waals surface area contributed by atoms with E-state index in [1.165, 1.54) is 12.1 Å². The van der Waals surface area contributed by atoms with Crippen molar-refractivity contribution in [2.24, 2.45) is 0 Å². The molecule has 40 heavy (non-hydrogen) atoms. The molecular formula is C31H20O9. The minimum atomic E-state index is -1.02. The number of rotatable bonds is 4. The Morgan fingerprint density at radius 2 is 1.62 bits per heavy atom. The van der Waals surface area contributed by atoms with Crippen LogP contribution in [0.15, 0.2) is 76.9 Å². The molecule has 0 fully saturated rings. The third-order valence-corrected chi connectivity index (χ3v) is 7.03. The molecule has 0 bridgehead atoms. The van der Waals surface area contributed by atoms with E-state index < -0.39 is 17.9 Å². The first-order chi connectivity index (χ1) is 19.4. The Morgan fingerprint density at radius 1 is 0.850 bits per heavy atom. The van der Waals surface area contributed by atoms with Gasteiger partial charge < -0.3 is 28.5 Å². The summed E-state index contributed by atoms with van der Waals surface area (Å²) < 4.78 is 29.0. The van der Waals surface area contributed by atoms with Crippen molar-refractivity contribution in [3.63, 3.8) is 0 Å². The van der Waals surface area contributed by atoms with Gasteiger partial charge in [-0.15, -0.1) is 0 Å². The van der Waals surface area contributed by atoms with Crippen LogP contribution in [0.3, 0.4) is 0 Å². The van der Waals surface area contributed by atoms with Gasteiger partial charge in [-0.3, -0.25) is 9.59 Å². The molecule has 7 rings (SSSR count). The number of Topliss-reactive ketones (excluding diaryl/α,β-unsaturated/α-hetero) is 1. The number of furan rings is 1. The maximum atomic E-state index is 13.3. The molecule has 3 aliphatic heterocycles. The normalized spacial score (nSPS) is 18.1. The summed E-state index contributed by atoms with van der Waals surface area (Å²) >= 11 is 0. The van der Waals surface area contributed by atoms with E-state index in [0.29, 0.717) is 70.0 Å². The van der Waals surface area contributed by atoms with Crippen LogP contribution < -0.4 is 18.9 Å². The van der Waals surface area contributed by atoms with Crippen LogP contribution in [-0.2, 0) is 4.79 Å². The number of carboxylic acids is 1. The van der Waals surface area contributed by atoms with E-state index in [2.05, 4.69) is 0 Å². The Labute approximate surface area is 227 Å². The summed E-state index contributed by atoms with van der Waals surface area (Å²) in [6, 6.07) is 18.4. The van der Waals surface area contributed by atoms with Crippen molar-refractivity contribution in [1.29, 1.82) is 0 Å². The SMILES string of the molecule is O=C1C[C@@H](c2ccc(-c3ccc(C(=O)O)cc3)o2)c2c(ccc3c2O/C(=C\c2ccc4c(c2)OCCO4)C3=O)O1. The minimum absolute atomic E-state index is 0.00683. The van der Waals surface area contributed by atoms with Crippen molar-refractivity contribution in [2.75, 3.05) is 13.2 Å². The average molecular weight is 536 g/mol. The van der Waals surface area contributed by atoms with E-state index in [1.807, 2.05) is 6.07 Å². The van der Waals surface area contributed by atoms with Gasteiger partial charge in [0.25, 0.3) is 0 Å². The lowest BCUT2D eigenvalue weighted by Gasteiger charge is -2.24. The van der Waals surface area contributed by atoms with Gasteiger partial charge in [-0.25, -0.2) is 4.79 Å². The zero-order chi connectivity index (χ0) is 27.4. The van der Waals surface area contributed by atoms with Gasteiger partial charge in [-0.1, -0.05) is 18.2 Å². The highest BCUT2D eigenvalue weighted by atomic mass is 16.6. The number of benzene rings is 3. The van der Waals surface area contributed by atoms with E-state index in [9.17, 15) is 14.4 Å². The molecule has 0 spiro atoms. The standard InChI is InChI=1S/C31H20O9/c32-27-15-20(22-10-9-21(38-22)17-2-4-18(5-3-17)31(34)35)28-24(39-27)8-6-19-29(33)26(40-30(19)28)14-16-1-7-23-25(13-16)37-12-11-36-23/h1-10,13-14,20H,11-12,15H2,(H,34,35)/b26-14-/t20-/m0/s1. The molecule has 1 N–H and O–H groups in total. The predicted octanol–water partition coefficient (Wildman–Crippen LogP) is 5.47. The highest BCUT2D eigenvalue weighted by Gasteiger charge is 2.39. The van der Waals surface area contributed by atoms with Crippen molar-refractivity contribution in [1.82, 2.24) is 0 Å². The van der Waals surface area contributed by atoms with Crippen molar-refractivity contribution in [3.8, 4) is 34.3 Å². The first-order valence-electron chi connectivity index (χ1n) is 12.6. The van der Waals surface area contributed by atoms with Gasteiger partial charge in [0.05, 0.1) is 23.5 Å². The summed E-state index contributed by atoms with van der Waals surface area (Å²) in [6.45, 7) is 0.928. The quantitative estimate of drug-likeness (QED) is 0.205. The van der Waals surface area contributed by atoms with Gasteiger partial charge in [0.15, 0.2) is 17.3 Å². The summed E-state index contributed by atoms with van der Waals surface area (Å²) in [5, 5.41) is 9.16. The second kappa shape index (κ2) is 9.16. The lowest BCUT2D eigenvalue weighted by Crippen LogP contribution is -2.21. The Kier molecular flexibility index (Phi) is 5.45. The second-order valence-electron chi connectivity index (χ2n) is 9.51. The Balaban J connectivity index is 1.24. The van der Waals surface area contributed by atoms with Crippen LogP contribution >= 0.6 is 0 Å². The summed E-state index contributed by atoms with van der Waals surface area (Å²) in [6.07, 6.45) is 1.63. The predicted molar refractivity (Wildman–Crippen MR) is 140 cm³/mol. The molecule has 9 nitrogen and oxygen atoms in total. The van der Waals surface area contributed by atoms with Gasteiger partial charge >= 0.3 is 11.9 Å². The van der Waals surface area contributed by atoms with Crippen LogP contribution in [0.25, 0.3) is 17.4 Å². The topological polar surface area (TPSA) is 122 Å². The van der Waals surface area contributed by atoms with E-state index in [4.69, 9.17) is 28.5 Å². The van der Waals surface area contributed by atoms with Crippen LogP contribution in [-0.4, -0.2) is 36.0 Å². The molecule has 0 amide bonds. The third kappa shape index (κ3) is 3.99. The van der Waals surface area contributed by atoms with Crippen molar-refractivity contribution >= 4 is 23.8 Å². The number of aromatic carboxylic acids is 1. The molecule has 0 aliphatic carbocycles. The van der Waals surface area contributed by atoms with Crippen LogP contribution in [0, 0.1) is 0 Å². The number of carboxylic acid groups (broad SMARTS) is 1. The Bertz CT molecular complexity index is 1740. The molecule has 0 saturated carbocycles. The largest absolute Gasteiger partial charge is 0.486 e. The number of esters is 1. The van der Waals surface area contributed by atoms with Crippen molar-refractivity contribution in [3.05, 3.63) is 101 Å². The van der Waals surface area contributed by atoms with Gasteiger partial charge in [0, 0.05) is 11.1 Å². The number of allylic oxidation sites excluding steroid dienone is 1. The molecule has 0 unspecified atom stereocenters. The first-order valence-corrected chi connectivity index (χ1v) is 12.6. The molecule has 4 aromatic rings. The zero-order valence-electron chi connectivity index (χ0n) is 20.8. The summed E-state index contributed by atoms with van der Waals surface area (Å²) in [4.78, 5) is 37.0. The highest BCUT2D eigenvalue weighted by molar-refractivity contribution is 6.15. The second-order valence-corrected chi connectivity index (χ2v) is 9.51. The van der Waals surface area contributed by atoms with E-state index in [0.717, 1.165) is 0 Å². The molecule has 1 atom stereocenters. The Morgan fingerprint density at radius 3 is 2.42 bits per heavy atom. The number of fused-ring (bicyclic) bond motifs is 4. The summed E-state index contributed by atoms with van der Waals surface area (Å²) in [5.41, 5.74) is 2.47. The average Bonchev–Trinajstić information content (AvgIpc) is 3.58. The van der Waals surface area contributed by atoms with Crippen LogP contribution in [0.2, 0.25) is 0 Å². The number of ketones is 1.